The Morgan fingerprint density at radius 3 is 2.46 bits per heavy atom. The van der Waals surface area contributed by atoms with Crippen LogP contribution in [0.4, 0.5) is 5.69 Å². The minimum Gasteiger partial charge on any atom is -0.438 e. The van der Waals surface area contributed by atoms with Crippen molar-refractivity contribution >= 4 is 59.6 Å². The van der Waals surface area contributed by atoms with Gasteiger partial charge in [-0.05, 0) is 49.6 Å². The number of hydrogen-bond donors (Lipinski definition) is 2. The zero-order valence-corrected chi connectivity index (χ0v) is 16.8. The van der Waals surface area contributed by atoms with E-state index in [1.807, 2.05) is 0 Å². The van der Waals surface area contributed by atoms with Gasteiger partial charge >= 0.3 is 0 Å². The molecule has 26 heavy (non-hydrogen) atoms. The number of rotatable bonds is 4. The summed E-state index contributed by atoms with van der Waals surface area (Å²) in [6.45, 7) is 0. The Kier molecular flexibility index (Phi) is 8.93. The standard InChI is InChI=1S/C17H17Cl2N3O2.2ClH/c18-11-8-15(19)17(21-9-11)24-14-5-3-13(4-6-14)22-16(23)10-1-2-12(20)7-10;;/h3-6,8-10,12H,1-2,7,20H2,(H,22,23);2*1H. The van der Waals surface area contributed by atoms with E-state index in [9.17, 15) is 4.79 Å². The first kappa shape index (κ1) is 22.8. The molecule has 0 radical (unpaired) electrons. The van der Waals surface area contributed by atoms with Gasteiger partial charge in [0.2, 0.25) is 11.8 Å². The Bertz CT molecular complexity index is 743. The molecule has 1 amide bonds. The Hall–Kier alpha value is -1.24. The van der Waals surface area contributed by atoms with E-state index >= 15 is 0 Å². The number of benzene rings is 1. The number of nitrogens with zero attached hydrogens (tertiary/aromatic N) is 1. The number of pyridine rings is 1. The largest absolute Gasteiger partial charge is 0.438 e. The molecular formula is C17H19Cl4N3O2. The van der Waals surface area contributed by atoms with Crippen molar-refractivity contribution in [2.75, 3.05) is 5.32 Å². The maximum atomic E-state index is 12.2. The summed E-state index contributed by atoms with van der Waals surface area (Å²) in [6, 6.07) is 8.71. The number of aromatic nitrogens is 1. The van der Waals surface area contributed by atoms with Crippen LogP contribution in [0.2, 0.25) is 10.0 Å². The van der Waals surface area contributed by atoms with E-state index in [4.69, 9.17) is 33.7 Å². The number of carbonyl (C=O) groups excluding carboxylic acids is 1. The molecule has 142 valence electrons. The van der Waals surface area contributed by atoms with Crippen molar-refractivity contribution in [3.63, 3.8) is 0 Å². The highest BCUT2D eigenvalue weighted by molar-refractivity contribution is 6.35. The van der Waals surface area contributed by atoms with Crippen LogP contribution in [-0.2, 0) is 4.79 Å². The summed E-state index contributed by atoms with van der Waals surface area (Å²) in [5, 5.41) is 3.68. The van der Waals surface area contributed by atoms with Crippen molar-refractivity contribution in [2.45, 2.75) is 25.3 Å². The third kappa shape index (κ3) is 5.89. The summed E-state index contributed by atoms with van der Waals surface area (Å²) >= 11 is 11.8. The van der Waals surface area contributed by atoms with Gasteiger partial charge in [-0.2, -0.15) is 0 Å². The topological polar surface area (TPSA) is 77.2 Å². The number of amides is 1. The normalized spacial score (nSPS) is 18.4. The van der Waals surface area contributed by atoms with E-state index in [-0.39, 0.29) is 48.6 Å². The molecule has 5 nitrogen and oxygen atoms in total. The SMILES string of the molecule is Cl.Cl.NC1CCC(C(=O)Nc2ccc(Oc3ncc(Cl)cc3Cl)cc2)C1. The summed E-state index contributed by atoms with van der Waals surface area (Å²) in [4.78, 5) is 16.2. The number of anilines is 1. The number of halogens is 4. The average Bonchev–Trinajstić information content (AvgIpc) is 2.98. The molecule has 2 atom stereocenters. The van der Waals surface area contributed by atoms with Gasteiger partial charge in [0, 0.05) is 23.8 Å². The lowest BCUT2D eigenvalue weighted by Gasteiger charge is -2.11. The molecule has 1 aromatic heterocycles. The average molecular weight is 439 g/mol. The van der Waals surface area contributed by atoms with E-state index in [1.54, 1.807) is 30.3 Å². The Morgan fingerprint density at radius 2 is 1.88 bits per heavy atom. The molecule has 1 heterocycles. The molecule has 1 aliphatic carbocycles. The summed E-state index contributed by atoms with van der Waals surface area (Å²) in [7, 11) is 0. The molecule has 0 bridgehead atoms. The van der Waals surface area contributed by atoms with Gasteiger partial charge in [-0.15, -0.1) is 24.8 Å². The molecule has 0 saturated heterocycles. The predicted molar refractivity (Wildman–Crippen MR) is 109 cm³/mol. The fourth-order valence-electron chi connectivity index (χ4n) is 2.69. The molecule has 0 aliphatic heterocycles. The van der Waals surface area contributed by atoms with E-state index in [1.165, 1.54) is 6.20 Å². The van der Waals surface area contributed by atoms with Crippen molar-refractivity contribution in [2.24, 2.45) is 11.7 Å². The molecule has 2 aromatic rings. The summed E-state index contributed by atoms with van der Waals surface area (Å²) in [5.41, 5.74) is 6.56. The molecule has 1 fully saturated rings. The molecule has 0 spiro atoms. The van der Waals surface area contributed by atoms with Crippen molar-refractivity contribution in [3.8, 4) is 11.6 Å². The van der Waals surface area contributed by atoms with Gasteiger partial charge in [-0.1, -0.05) is 23.2 Å². The van der Waals surface area contributed by atoms with Gasteiger partial charge in [0.25, 0.3) is 0 Å². The van der Waals surface area contributed by atoms with Crippen molar-refractivity contribution in [3.05, 3.63) is 46.6 Å². The monoisotopic (exact) mass is 437 g/mol. The lowest BCUT2D eigenvalue weighted by molar-refractivity contribution is -0.119. The van der Waals surface area contributed by atoms with E-state index in [0.29, 0.717) is 21.5 Å². The lowest BCUT2D eigenvalue weighted by Crippen LogP contribution is -2.23. The van der Waals surface area contributed by atoms with E-state index in [2.05, 4.69) is 10.3 Å². The molecule has 1 aliphatic rings. The molecule has 3 N–H and O–H groups in total. The van der Waals surface area contributed by atoms with Crippen LogP contribution < -0.4 is 15.8 Å². The second kappa shape index (κ2) is 10.2. The van der Waals surface area contributed by atoms with Crippen LogP contribution in [0, 0.1) is 5.92 Å². The fraction of sp³-hybridized carbons (Fsp3) is 0.294. The van der Waals surface area contributed by atoms with Crippen molar-refractivity contribution in [1.82, 2.24) is 4.98 Å². The number of nitrogens with two attached hydrogens (primary N) is 1. The van der Waals surface area contributed by atoms with Crippen LogP contribution in [0.15, 0.2) is 36.5 Å². The molecule has 2 unspecified atom stereocenters. The smallest absolute Gasteiger partial charge is 0.238 e. The number of hydrogen-bond acceptors (Lipinski definition) is 4. The highest BCUT2D eigenvalue weighted by Crippen LogP contribution is 2.30. The van der Waals surface area contributed by atoms with Crippen molar-refractivity contribution < 1.29 is 9.53 Å². The second-order valence-electron chi connectivity index (χ2n) is 5.83. The van der Waals surface area contributed by atoms with Gasteiger partial charge in [0.05, 0.1) is 5.02 Å². The Morgan fingerprint density at radius 1 is 1.19 bits per heavy atom. The minimum absolute atomic E-state index is 0. The van der Waals surface area contributed by atoms with Crippen LogP contribution in [0.5, 0.6) is 11.6 Å². The van der Waals surface area contributed by atoms with Gasteiger partial charge in [0.15, 0.2) is 0 Å². The highest BCUT2D eigenvalue weighted by Gasteiger charge is 2.27. The van der Waals surface area contributed by atoms with Gasteiger partial charge in [0.1, 0.15) is 10.8 Å². The van der Waals surface area contributed by atoms with Crippen LogP contribution in [0.25, 0.3) is 0 Å². The molecule has 9 heteroatoms. The maximum absolute atomic E-state index is 12.2. The zero-order valence-electron chi connectivity index (χ0n) is 13.7. The third-order valence-corrected chi connectivity index (χ3v) is 4.43. The summed E-state index contributed by atoms with van der Waals surface area (Å²) in [6.07, 6.45) is 3.95. The highest BCUT2D eigenvalue weighted by atomic mass is 35.5. The zero-order chi connectivity index (χ0) is 17.1. The predicted octanol–water partition coefficient (Wildman–Crippen LogP) is 5.09. The van der Waals surface area contributed by atoms with Crippen LogP contribution in [-0.4, -0.2) is 16.9 Å². The lowest BCUT2D eigenvalue weighted by atomic mass is 10.1. The van der Waals surface area contributed by atoms with E-state index in [0.717, 1.165) is 19.3 Å². The molecule has 3 rings (SSSR count). The Labute approximate surface area is 174 Å². The minimum atomic E-state index is -0.00648. The van der Waals surface area contributed by atoms with Gasteiger partial charge in [-0.3, -0.25) is 4.79 Å². The van der Waals surface area contributed by atoms with Crippen LogP contribution in [0.1, 0.15) is 19.3 Å². The fourth-order valence-corrected chi connectivity index (χ4v) is 3.11. The first-order valence-electron chi connectivity index (χ1n) is 7.66. The number of nitrogens with one attached hydrogen (secondary N) is 1. The van der Waals surface area contributed by atoms with E-state index < -0.39 is 0 Å². The summed E-state index contributed by atoms with van der Waals surface area (Å²) < 4.78 is 5.61. The number of carbonyl (C=O) groups is 1. The number of ether oxygens (including phenoxy) is 1. The van der Waals surface area contributed by atoms with Crippen molar-refractivity contribution in [1.29, 1.82) is 0 Å². The molecule has 1 aromatic carbocycles. The quantitative estimate of drug-likeness (QED) is 0.696. The second-order valence-corrected chi connectivity index (χ2v) is 6.67. The third-order valence-electron chi connectivity index (χ3n) is 3.95. The van der Waals surface area contributed by atoms with Crippen LogP contribution >= 0.6 is 48.0 Å². The maximum Gasteiger partial charge on any atom is 0.238 e. The molecule has 1 saturated carbocycles. The first-order valence-corrected chi connectivity index (χ1v) is 8.42. The first-order chi connectivity index (χ1) is 11.5. The molecular weight excluding hydrogens is 420 g/mol. The van der Waals surface area contributed by atoms with Gasteiger partial charge < -0.3 is 15.8 Å². The van der Waals surface area contributed by atoms with Gasteiger partial charge in [-0.25, -0.2) is 4.98 Å². The van der Waals surface area contributed by atoms with Crippen LogP contribution in [0.3, 0.4) is 0 Å². The Balaban J connectivity index is 0.00000169. The summed E-state index contributed by atoms with van der Waals surface area (Å²) in [5.74, 6) is 0.845.